The largest absolute Gasteiger partial charge is 0.508 e. The van der Waals surface area contributed by atoms with Crippen molar-refractivity contribution in [3.8, 4) is 11.5 Å². The minimum Gasteiger partial charge on any atom is -0.508 e. The molecule has 1 atom stereocenters. The summed E-state index contributed by atoms with van der Waals surface area (Å²) < 4.78 is 5.39. The first-order chi connectivity index (χ1) is 14.5. The number of phenols is 2. The Bertz CT molecular complexity index is 786. The van der Waals surface area contributed by atoms with E-state index in [4.69, 9.17) is 4.74 Å². The number of benzene rings is 2. The van der Waals surface area contributed by atoms with Gasteiger partial charge < -0.3 is 20.3 Å². The smallest absolute Gasteiger partial charge is 0.328 e. The lowest BCUT2D eigenvalue weighted by molar-refractivity contribution is -0.148. The quantitative estimate of drug-likeness (QED) is 0.362. The van der Waals surface area contributed by atoms with Crippen LogP contribution < -0.4 is 5.32 Å². The maximum atomic E-state index is 12.6. The lowest BCUT2D eigenvalue weighted by Gasteiger charge is -2.18. The first-order valence-corrected chi connectivity index (χ1v) is 10.5. The number of unbranched alkanes of at least 4 members (excludes halogenated alkanes) is 3. The molecule has 2 aromatic carbocycles. The molecule has 0 saturated carbocycles. The fourth-order valence-corrected chi connectivity index (χ4v) is 3.05. The monoisotopic (exact) mass is 413 g/mol. The molecular weight excluding hydrogens is 382 g/mol. The molecule has 0 aliphatic heterocycles. The molecule has 2 rings (SSSR count). The van der Waals surface area contributed by atoms with Gasteiger partial charge >= 0.3 is 5.97 Å². The summed E-state index contributed by atoms with van der Waals surface area (Å²) in [5.41, 5.74) is 1.75. The van der Waals surface area contributed by atoms with Crippen LogP contribution in [-0.2, 0) is 27.2 Å². The van der Waals surface area contributed by atoms with Gasteiger partial charge in [-0.3, -0.25) is 4.79 Å². The Labute approximate surface area is 177 Å². The van der Waals surface area contributed by atoms with Crippen LogP contribution in [0.15, 0.2) is 48.5 Å². The van der Waals surface area contributed by atoms with E-state index in [-0.39, 0.29) is 23.8 Å². The average Bonchev–Trinajstić information content (AvgIpc) is 2.74. The van der Waals surface area contributed by atoms with Crippen molar-refractivity contribution in [2.75, 3.05) is 6.61 Å². The minimum absolute atomic E-state index is 0.145. The van der Waals surface area contributed by atoms with E-state index in [1.807, 2.05) is 0 Å². The van der Waals surface area contributed by atoms with Crippen molar-refractivity contribution in [3.05, 3.63) is 59.7 Å². The van der Waals surface area contributed by atoms with Crippen molar-refractivity contribution in [1.82, 2.24) is 5.32 Å². The SMILES string of the molecule is CCCCCCOC(=O)[C@H](Cc1ccc(O)cc1)NC(=O)CCc1ccc(O)cc1. The van der Waals surface area contributed by atoms with Crippen LogP contribution in [0.25, 0.3) is 0 Å². The predicted molar refractivity (Wildman–Crippen MR) is 115 cm³/mol. The maximum absolute atomic E-state index is 12.6. The number of esters is 1. The maximum Gasteiger partial charge on any atom is 0.328 e. The first kappa shape index (κ1) is 23.3. The van der Waals surface area contributed by atoms with Crippen LogP contribution in [0.5, 0.6) is 11.5 Å². The number of rotatable bonds is 12. The summed E-state index contributed by atoms with van der Waals surface area (Å²) in [4.78, 5) is 25.0. The molecule has 1 amide bonds. The van der Waals surface area contributed by atoms with E-state index in [1.54, 1.807) is 48.5 Å². The van der Waals surface area contributed by atoms with Gasteiger partial charge in [-0.25, -0.2) is 4.79 Å². The summed E-state index contributed by atoms with van der Waals surface area (Å²) in [5, 5.41) is 21.6. The van der Waals surface area contributed by atoms with Crippen LogP contribution in [0.1, 0.15) is 50.2 Å². The summed E-state index contributed by atoms with van der Waals surface area (Å²) in [5.74, 6) is -0.363. The van der Waals surface area contributed by atoms with Gasteiger partial charge in [0.05, 0.1) is 6.61 Å². The Morgan fingerprint density at radius 3 is 2.10 bits per heavy atom. The number of carbonyl (C=O) groups is 2. The molecule has 0 aromatic heterocycles. The Kier molecular flexibility index (Phi) is 9.71. The second-order valence-electron chi connectivity index (χ2n) is 7.39. The molecule has 0 aliphatic rings. The highest BCUT2D eigenvalue weighted by molar-refractivity contribution is 5.84. The number of hydrogen-bond acceptors (Lipinski definition) is 5. The zero-order valence-corrected chi connectivity index (χ0v) is 17.5. The lowest BCUT2D eigenvalue weighted by Crippen LogP contribution is -2.43. The molecule has 0 spiro atoms. The van der Waals surface area contributed by atoms with Gasteiger partial charge in [0, 0.05) is 12.8 Å². The number of hydrogen-bond donors (Lipinski definition) is 3. The van der Waals surface area contributed by atoms with Gasteiger partial charge in [0.1, 0.15) is 17.5 Å². The Morgan fingerprint density at radius 1 is 0.900 bits per heavy atom. The van der Waals surface area contributed by atoms with Gasteiger partial charge in [-0.2, -0.15) is 0 Å². The van der Waals surface area contributed by atoms with E-state index in [9.17, 15) is 19.8 Å². The molecule has 6 nitrogen and oxygen atoms in total. The molecule has 0 fully saturated rings. The zero-order chi connectivity index (χ0) is 21.8. The van der Waals surface area contributed by atoms with E-state index in [0.717, 1.165) is 36.8 Å². The Balaban J connectivity index is 1.92. The fourth-order valence-electron chi connectivity index (χ4n) is 3.05. The molecule has 3 N–H and O–H groups in total. The van der Waals surface area contributed by atoms with Crippen LogP contribution in [0.3, 0.4) is 0 Å². The second-order valence-corrected chi connectivity index (χ2v) is 7.39. The highest BCUT2D eigenvalue weighted by Gasteiger charge is 2.22. The highest BCUT2D eigenvalue weighted by atomic mass is 16.5. The van der Waals surface area contributed by atoms with E-state index in [0.29, 0.717) is 19.4 Å². The fraction of sp³-hybridized carbons (Fsp3) is 0.417. The van der Waals surface area contributed by atoms with E-state index >= 15 is 0 Å². The third-order valence-electron chi connectivity index (χ3n) is 4.82. The summed E-state index contributed by atoms with van der Waals surface area (Å²) in [6, 6.07) is 12.5. The number of carbonyl (C=O) groups excluding carboxylic acids is 2. The van der Waals surface area contributed by atoms with Crippen molar-refractivity contribution in [1.29, 1.82) is 0 Å². The molecule has 30 heavy (non-hydrogen) atoms. The van der Waals surface area contributed by atoms with Crippen LogP contribution in [0.2, 0.25) is 0 Å². The van der Waals surface area contributed by atoms with E-state index in [1.165, 1.54) is 0 Å². The molecule has 0 aliphatic carbocycles. The van der Waals surface area contributed by atoms with Gasteiger partial charge in [0.2, 0.25) is 5.91 Å². The number of aromatic hydroxyl groups is 2. The van der Waals surface area contributed by atoms with Crippen LogP contribution in [0.4, 0.5) is 0 Å². The third kappa shape index (κ3) is 8.55. The number of nitrogens with one attached hydrogen (secondary N) is 1. The number of aryl methyl sites for hydroxylation is 1. The van der Waals surface area contributed by atoms with Crippen LogP contribution in [-0.4, -0.2) is 34.7 Å². The second kappa shape index (κ2) is 12.5. The summed E-state index contributed by atoms with van der Waals surface area (Å²) in [6.45, 7) is 2.46. The molecule has 0 radical (unpaired) electrons. The van der Waals surface area contributed by atoms with E-state index < -0.39 is 12.0 Å². The van der Waals surface area contributed by atoms with Crippen LogP contribution >= 0.6 is 0 Å². The molecular formula is C24H31NO5. The molecule has 6 heteroatoms. The van der Waals surface area contributed by atoms with Gasteiger partial charge in [-0.15, -0.1) is 0 Å². The van der Waals surface area contributed by atoms with Gasteiger partial charge in [0.15, 0.2) is 0 Å². The van der Waals surface area contributed by atoms with Gasteiger partial charge in [0.25, 0.3) is 0 Å². The molecule has 0 saturated heterocycles. The molecule has 162 valence electrons. The Morgan fingerprint density at radius 2 is 1.50 bits per heavy atom. The average molecular weight is 414 g/mol. The summed E-state index contributed by atoms with van der Waals surface area (Å²) in [6.07, 6.45) is 5.03. The zero-order valence-electron chi connectivity index (χ0n) is 17.5. The van der Waals surface area contributed by atoms with Gasteiger partial charge in [-0.05, 0) is 48.2 Å². The highest BCUT2D eigenvalue weighted by Crippen LogP contribution is 2.13. The molecule has 0 unspecified atom stereocenters. The number of amides is 1. The summed E-state index contributed by atoms with van der Waals surface area (Å²) in [7, 11) is 0. The normalized spacial score (nSPS) is 11.6. The van der Waals surface area contributed by atoms with E-state index in [2.05, 4.69) is 12.2 Å². The minimum atomic E-state index is -0.784. The Hall–Kier alpha value is -3.02. The van der Waals surface area contributed by atoms with Crippen molar-refractivity contribution in [2.24, 2.45) is 0 Å². The molecule has 0 bridgehead atoms. The number of ether oxygens (including phenoxy) is 1. The number of phenolic OH excluding ortho intramolecular Hbond substituents is 2. The van der Waals surface area contributed by atoms with Crippen LogP contribution in [0, 0.1) is 0 Å². The molecule has 0 heterocycles. The third-order valence-corrected chi connectivity index (χ3v) is 4.82. The van der Waals surface area contributed by atoms with Crippen molar-refractivity contribution in [2.45, 2.75) is 57.9 Å². The first-order valence-electron chi connectivity index (χ1n) is 10.5. The van der Waals surface area contributed by atoms with Crippen molar-refractivity contribution in [3.63, 3.8) is 0 Å². The van der Waals surface area contributed by atoms with Gasteiger partial charge in [-0.1, -0.05) is 50.5 Å². The topological polar surface area (TPSA) is 95.9 Å². The molecule has 2 aromatic rings. The van der Waals surface area contributed by atoms with Crippen molar-refractivity contribution < 1.29 is 24.5 Å². The standard InChI is InChI=1S/C24H31NO5/c1-2-3-4-5-16-30-24(29)22(17-19-8-13-21(27)14-9-19)25-23(28)15-10-18-6-11-20(26)12-7-18/h6-9,11-14,22,26-27H,2-5,10,15-17H2,1H3,(H,25,28)/t22-/m0/s1. The van der Waals surface area contributed by atoms with Crippen molar-refractivity contribution >= 4 is 11.9 Å². The summed E-state index contributed by atoms with van der Waals surface area (Å²) >= 11 is 0. The predicted octanol–water partition coefficient (Wildman–Crippen LogP) is 3.88. The lowest BCUT2D eigenvalue weighted by atomic mass is 10.0.